The van der Waals surface area contributed by atoms with Gasteiger partial charge in [0, 0.05) is 28.6 Å². The van der Waals surface area contributed by atoms with E-state index < -0.39 is 0 Å². The Hall–Kier alpha value is -2.34. The fourth-order valence-corrected chi connectivity index (χ4v) is 2.84. The second-order valence-corrected chi connectivity index (χ2v) is 6.96. The van der Waals surface area contributed by atoms with Gasteiger partial charge in [-0.05, 0) is 44.2 Å². The topological polar surface area (TPSA) is 67.4 Å². The molecule has 2 amide bonds. The highest BCUT2D eigenvalue weighted by atomic mass is 79.9. The number of benzene rings is 2. The molecule has 0 fully saturated rings. The molecule has 0 aliphatic carbocycles. The van der Waals surface area contributed by atoms with E-state index in [1.165, 1.54) is 0 Å². The number of aryl methyl sites for hydroxylation is 1. The van der Waals surface area contributed by atoms with Crippen LogP contribution in [0.1, 0.15) is 40.9 Å². The second kappa shape index (κ2) is 9.38. The van der Waals surface area contributed by atoms with E-state index in [0.29, 0.717) is 5.56 Å². The number of amides is 2. The average molecular weight is 419 g/mol. The molecule has 1 unspecified atom stereocenters. The van der Waals surface area contributed by atoms with E-state index in [1.54, 1.807) is 31.4 Å². The summed E-state index contributed by atoms with van der Waals surface area (Å²) in [4.78, 5) is 24.2. The molecule has 2 N–H and O–H groups in total. The third kappa shape index (κ3) is 5.59. The SMILES string of the molecule is COc1ccc(C)cc1C(C)NC(=O)CCNC(=O)c1ccc(Br)cc1. The van der Waals surface area contributed by atoms with Crippen LogP contribution in [0, 0.1) is 6.92 Å². The summed E-state index contributed by atoms with van der Waals surface area (Å²) in [6.07, 6.45) is 0.209. The van der Waals surface area contributed by atoms with Crippen LogP contribution in [0.25, 0.3) is 0 Å². The first-order valence-corrected chi connectivity index (χ1v) is 9.17. The second-order valence-electron chi connectivity index (χ2n) is 6.05. The molecule has 0 spiro atoms. The van der Waals surface area contributed by atoms with Crippen molar-refractivity contribution in [2.45, 2.75) is 26.3 Å². The van der Waals surface area contributed by atoms with E-state index in [9.17, 15) is 9.59 Å². The van der Waals surface area contributed by atoms with Crippen LogP contribution < -0.4 is 15.4 Å². The Kier molecular flexibility index (Phi) is 7.21. The number of hydrogen-bond acceptors (Lipinski definition) is 3. The quantitative estimate of drug-likeness (QED) is 0.718. The van der Waals surface area contributed by atoms with Gasteiger partial charge in [-0.15, -0.1) is 0 Å². The molecule has 1 atom stereocenters. The van der Waals surface area contributed by atoms with Crippen molar-refractivity contribution >= 4 is 27.7 Å². The first-order valence-electron chi connectivity index (χ1n) is 8.38. The molecule has 0 saturated heterocycles. The summed E-state index contributed by atoms with van der Waals surface area (Å²) >= 11 is 3.33. The minimum absolute atomic E-state index is 0.128. The molecule has 2 rings (SSSR count). The standard InChI is InChI=1S/C20H23BrN2O3/c1-13-4-9-18(26-3)17(12-13)14(2)23-19(24)10-11-22-20(25)15-5-7-16(21)8-6-15/h4-9,12,14H,10-11H2,1-3H3,(H,22,25)(H,23,24). The number of halogens is 1. The van der Waals surface area contributed by atoms with E-state index in [2.05, 4.69) is 26.6 Å². The number of methoxy groups -OCH3 is 1. The fraction of sp³-hybridized carbons (Fsp3) is 0.300. The van der Waals surface area contributed by atoms with E-state index in [-0.39, 0.29) is 30.8 Å². The molecule has 0 radical (unpaired) electrons. The Bertz CT molecular complexity index is 775. The molecule has 5 nitrogen and oxygen atoms in total. The highest BCUT2D eigenvalue weighted by molar-refractivity contribution is 9.10. The number of hydrogen-bond donors (Lipinski definition) is 2. The molecule has 2 aromatic carbocycles. The van der Waals surface area contributed by atoms with Crippen molar-refractivity contribution in [1.29, 1.82) is 0 Å². The fourth-order valence-electron chi connectivity index (χ4n) is 2.58. The van der Waals surface area contributed by atoms with Crippen LogP contribution in [-0.2, 0) is 4.79 Å². The van der Waals surface area contributed by atoms with Gasteiger partial charge in [0.05, 0.1) is 13.2 Å². The normalized spacial score (nSPS) is 11.5. The molecule has 0 bridgehead atoms. The van der Waals surface area contributed by atoms with Gasteiger partial charge in [0.1, 0.15) is 5.75 Å². The number of carbonyl (C=O) groups is 2. The Morgan fingerprint density at radius 2 is 1.85 bits per heavy atom. The molecule has 0 aliphatic heterocycles. The Labute approximate surface area is 162 Å². The Balaban J connectivity index is 1.84. The largest absolute Gasteiger partial charge is 0.496 e. The van der Waals surface area contributed by atoms with Gasteiger partial charge in [0.2, 0.25) is 5.91 Å². The minimum atomic E-state index is -0.196. The lowest BCUT2D eigenvalue weighted by Crippen LogP contribution is -2.32. The monoisotopic (exact) mass is 418 g/mol. The number of nitrogens with one attached hydrogen (secondary N) is 2. The maximum atomic E-state index is 12.2. The predicted octanol–water partition coefficient (Wildman–Crippen LogP) is 3.76. The summed E-state index contributed by atoms with van der Waals surface area (Å²) < 4.78 is 6.27. The molecule has 0 heterocycles. The van der Waals surface area contributed by atoms with Crippen molar-refractivity contribution in [3.8, 4) is 5.75 Å². The first kappa shape index (κ1) is 20.0. The van der Waals surface area contributed by atoms with Crippen LogP contribution in [0.2, 0.25) is 0 Å². The molecule has 0 aromatic heterocycles. The lowest BCUT2D eigenvalue weighted by molar-refractivity contribution is -0.121. The summed E-state index contributed by atoms with van der Waals surface area (Å²) in [6, 6.07) is 12.7. The summed E-state index contributed by atoms with van der Waals surface area (Å²) in [5.41, 5.74) is 2.59. The van der Waals surface area contributed by atoms with Crippen LogP contribution in [-0.4, -0.2) is 25.5 Å². The zero-order valence-corrected chi connectivity index (χ0v) is 16.7. The number of carbonyl (C=O) groups excluding carboxylic acids is 2. The van der Waals surface area contributed by atoms with Gasteiger partial charge in [-0.2, -0.15) is 0 Å². The average Bonchev–Trinajstić information content (AvgIpc) is 2.62. The van der Waals surface area contributed by atoms with Crippen molar-refractivity contribution in [3.63, 3.8) is 0 Å². The van der Waals surface area contributed by atoms with Gasteiger partial charge in [0.25, 0.3) is 5.91 Å². The summed E-state index contributed by atoms with van der Waals surface area (Å²) in [5, 5.41) is 5.70. The molecule has 26 heavy (non-hydrogen) atoms. The zero-order chi connectivity index (χ0) is 19.1. The maximum Gasteiger partial charge on any atom is 0.251 e. The van der Waals surface area contributed by atoms with Gasteiger partial charge >= 0.3 is 0 Å². The van der Waals surface area contributed by atoms with Crippen LogP contribution in [0.5, 0.6) is 5.75 Å². The third-order valence-corrected chi connectivity index (χ3v) is 4.50. The molecular weight excluding hydrogens is 396 g/mol. The number of rotatable bonds is 7. The van der Waals surface area contributed by atoms with Crippen LogP contribution >= 0.6 is 15.9 Å². The van der Waals surface area contributed by atoms with Gasteiger partial charge < -0.3 is 15.4 Å². The molecule has 0 saturated carbocycles. The highest BCUT2D eigenvalue weighted by Crippen LogP contribution is 2.26. The lowest BCUT2D eigenvalue weighted by Gasteiger charge is -2.18. The van der Waals surface area contributed by atoms with Crippen LogP contribution in [0.3, 0.4) is 0 Å². The highest BCUT2D eigenvalue weighted by Gasteiger charge is 2.14. The lowest BCUT2D eigenvalue weighted by atomic mass is 10.0. The molecule has 6 heteroatoms. The van der Waals surface area contributed by atoms with Gasteiger partial charge in [-0.3, -0.25) is 9.59 Å². The van der Waals surface area contributed by atoms with Crippen molar-refractivity contribution in [3.05, 3.63) is 63.6 Å². The third-order valence-electron chi connectivity index (χ3n) is 3.97. The zero-order valence-electron chi connectivity index (χ0n) is 15.1. The molecule has 0 aliphatic rings. The van der Waals surface area contributed by atoms with Gasteiger partial charge in [0.15, 0.2) is 0 Å². The minimum Gasteiger partial charge on any atom is -0.496 e. The number of ether oxygens (including phenoxy) is 1. The summed E-state index contributed by atoms with van der Waals surface area (Å²) in [5.74, 6) is 0.419. The van der Waals surface area contributed by atoms with Crippen molar-refractivity contribution in [2.24, 2.45) is 0 Å². The van der Waals surface area contributed by atoms with Crippen molar-refractivity contribution < 1.29 is 14.3 Å². The van der Waals surface area contributed by atoms with E-state index >= 15 is 0 Å². The molecule has 138 valence electrons. The van der Waals surface area contributed by atoms with Crippen LogP contribution in [0.15, 0.2) is 46.9 Å². The summed E-state index contributed by atoms with van der Waals surface area (Å²) in [6.45, 7) is 4.18. The van der Waals surface area contributed by atoms with E-state index in [4.69, 9.17) is 4.74 Å². The van der Waals surface area contributed by atoms with Crippen LogP contribution in [0.4, 0.5) is 0 Å². The van der Waals surface area contributed by atoms with Gasteiger partial charge in [-0.25, -0.2) is 0 Å². The maximum absolute atomic E-state index is 12.2. The van der Waals surface area contributed by atoms with Crippen molar-refractivity contribution in [2.75, 3.05) is 13.7 Å². The summed E-state index contributed by atoms with van der Waals surface area (Å²) in [7, 11) is 1.61. The Morgan fingerprint density at radius 3 is 2.50 bits per heavy atom. The molecule has 2 aromatic rings. The van der Waals surface area contributed by atoms with Gasteiger partial charge in [-0.1, -0.05) is 33.6 Å². The van der Waals surface area contributed by atoms with E-state index in [0.717, 1.165) is 21.3 Å². The predicted molar refractivity (Wildman–Crippen MR) is 105 cm³/mol. The van der Waals surface area contributed by atoms with E-state index in [1.807, 2.05) is 32.0 Å². The van der Waals surface area contributed by atoms with Crippen molar-refractivity contribution in [1.82, 2.24) is 10.6 Å². The smallest absolute Gasteiger partial charge is 0.251 e. The Morgan fingerprint density at radius 1 is 1.15 bits per heavy atom. The molecular formula is C20H23BrN2O3. The first-order chi connectivity index (χ1) is 12.4.